The van der Waals surface area contributed by atoms with Gasteiger partial charge in [-0.25, -0.2) is 21.1 Å². The molecule has 1 unspecified atom stereocenters. The summed E-state index contributed by atoms with van der Waals surface area (Å²) in [6, 6.07) is 12.5. The minimum absolute atomic E-state index is 0.0408. The molecule has 1 heterocycles. The van der Waals surface area contributed by atoms with E-state index in [9.17, 15) is 16.8 Å². The Hall–Kier alpha value is -1.12. The third-order valence-electron chi connectivity index (χ3n) is 4.34. The van der Waals surface area contributed by atoms with Crippen molar-refractivity contribution in [2.75, 3.05) is 13.1 Å². The lowest BCUT2D eigenvalue weighted by molar-refractivity contribution is 0.475. The number of sulfone groups is 1. The van der Waals surface area contributed by atoms with Crippen LogP contribution in [0.1, 0.15) is 12.0 Å². The van der Waals surface area contributed by atoms with Crippen LogP contribution in [0.2, 0.25) is 10.0 Å². The Labute approximate surface area is 163 Å². The molecule has 0 N–H and O–H groups in total. The number of hydrogen-bond acceptors (Lipinski definition) is 4. The molecule has 5 nitrogen and oxygen atoms in total. The molecule has 2 aromatic rings. The lowest BCUT2D eigenvalue weighted by Gasteiger charge is -2.17. The van der Waals surface area contributed by atoms with E-state index < -0.39 is 25.1 Å². The Morgan fingerprint density at radius 2 is 1.42 bits per heavy atom. The molecule has 2 aromatic carbocycles. The molecule has 0 spiro atoms. The summed E-state index contributed by atoms with van der Waals surface area (Å²) in [5, 5.41) is 0.215. The van der Waals surface area contributed by atoms with Gasteiger partial charge in [0.15, 0.2) is 9.84 Å². The summed E-state index contributed by atoms with van der Waals surface area (Å²) in [5.41, 5.74) is 0.610. The molecule has 9 heteroatoms. The second-order valence-electron chi connectivity index (χ2n) is 6.15. The van der Waals surface area contributed by atoms with Gasteiger partial charge in [0.1, 0.15) is 0 Å². The average molecular weight is 434 g/mol. The van der Waals surface area contributed by atoms with Gasteiger partial charge < -0.3 is 0 Å². The highest BCUT2D eigenvalue weighted by Gasteiger charge is 2.38. The maximum atomic E-state index is 12.7. The van der Waals surface area contributed by atoms with Gasteiger partial charge in [-0.15, -0.1) is 0 Å². The van der Waals surface area contributed by atoms with E-state index >= 15 is 0 Å². The number of rotatable bonds is 5. The van der Waals surface area contributed by atoms with Gasteiger partial charge in [-0.05, 0) is 48.4 Å². The van der Waals surface area contributed by atoms with Crippen LogP contribution in [-0.4, -0.2) is 39.5 Å². The molecular weight excluding hydrogens is 417 g/mol. The van der Waals surface area contributed by atoms with Crippen molar-refractivity contribution in [3.05, 3.63) is 64.1 Å². The second-order valence-corrected chi connectivity index (χ2v) is 11.2. The molecule has 0 aromatic heterocycles. The third kappa shape index (κ3) is 4.23. The standard InChI is InChI=1S/C17H17Cl2NO4S2/c18-14-3-1-13(2-4-14)12-25(21,22)20-10-9-17(11-20)26(23,24)16-7-5-15(19)6-8-16/h1-8,17H,9-12H2. The number of halogens is 2. The molecule has 1 saturated heterocycles. The minimum atomic E-state index is -3.61. The van der Waals surface area contributed by atoms with Crippen molar-refractivity contribution in [3.63, 3.8) is 0 Å². The molecule has 0 amide bonds. The summed E-state index contributed by atoms with van der Waals surface area (Å²) in [7, 11) is -7.21. The largest absolute Gasteiger partial charge is 0.223 e. The van der Waals surface area contributed by atoms with Gasteiger partial charge in [0.05, 0.1) is 15.9 Å². The van der Waals surface area contributed by atoms with Crippen molar-refractivity contribution in [3.8, 4) is 0 Å². The van der Waals surface area contributed by atoms with Crippen LogP contribution in [0.25, 0.3) is 0 Å². The van der Waals surface area contributed by atoms with Crippen LogP contribution >= 0.6 is 23.2 Å². The maximum absolute atomic E-state index is 12.7. The topological polar surface area (TPSA) is 71.5 Å². The highest BCUT2D eigenvalue weighted by Crippen LogP contribution is 2.27. The lowest BCUT2D eigenvalue weighted by atomic mass is 10.2. The van der Waals surface area contributed by atoms with E-state index in [1.807, 2.05) is 0 Å². The summed E-state index contributed by atoms with van der Waals surface area (Å²) in [4.78, 5) is 0.156. The van der Waals surface area contributed by atoms with E-state index in [1.165, 1.54) is 28.6 Å². The molecule has 1 aliphatic rings. The van der Waals surface area contributed by atoms with Crippen molar-refractivity contribution in [2.45, 2.75) is 22.3 Å². The van der Waals surface area contributed by atoms with E-state index in [-0.39, 0.29) is 30.2 Å². The Morgan fingerprint density at radius 3 is 2.00 bits per heavy atom. The normalized spacial score (nSPS) is 18.9. The molecule has 3 rings (SSSR count). The molecule has 0 saturated carbocycles. The van der Waals surface area contributed by atoms with E-state index in [0.717, 1.165) is 0 Å². The van der Waals surface area contributed by atoms with E-state index in [4.69, 9.17) is 23.2 Å². The zero-order valence-corrected chi connectivity index (χ0v) is 16.8. The molecule has 1 aliphatic heterocycles. The summed E-state index contributed by atoms with van der Waals surface area (Å²) in [6.45, 7) is 0.147. The predicted molar refractivity (Wildman–Crippen MR) is 103 cm³/mol. The van der Waals surface area contributed by atoms with Crippen molar-refractivity contribution < 1.29 is 16.8 Å². The maximum Gasteiger partial charge on any atom is 0.218 e. The van der Waals surface area contributed by atoms with Crippen LogP contribution in [0, 0.1) is 0 Å². The van der Waals surface area contributed by atoms with Gasteiger partial charge >= 0.3 is 0 Å². The highest BCUT2D eigenvalue weighted by atomic mass is 35.5. The Kier molecular flexibility index (Phi) is 5.65. The van der Waals surface area contributed by atoms with Crippen molar-refractivity contribution in [2.24, 2.45) is 0 Å². The molecule has 0 bridgehead atoms. The van der Waals surface area contributed by atoms with Crippen LogP contribution in [0.4, 0.5) is 0 Å². The van der Waals surface area contributed by atoms with Crippen molar-refractivity contribution in [1.82, 2.24) is 4.31 Å². The SMILES string of the molecule is O=S(=O)(c1ccc(Cl)cc1)C1CCN(S(=O)(=O)Cc2ccc(Cl)cc2)C1. The van der Waals surface area contributed by atoms with Gasteiger partial charge in [-0.3, -0.25) is 0 Å². The van der Waals surface area contributed by atoms with Crippen LogP contribution in [-0.2, 0) is 25.6 Å². The van der Waals surface area contributed by atoms with Gasteiger partial charge in [-0.1, -0.05) is 35.3 Å². The first-order chi connectivity index (χ1) is 12.2. The van der Waals surface area contributed by atoms with E-state index in [2.05, 4.69) is 0 Å². The molecule has 26 heavy (non-hydrogen) atoms. The minimum Gasteiger partial charge on any atom is -0.223 e. The molecule has 0 radical (unpaired) electrons. The number of nitrogens with zero attached hydrogens (tertiary/aromatic N) is 1. The first-order valence-corrected chi connectivity index (χ1v) is 11.8. The Morgan fingerprint density at radius 1 is 0.885 bits per heavy atom. The van der Waals surface area contributed by atoms with Crippen molar-refractivity contribution in [1.29, 1.82) is 0 Å². The zero-order valence-electron chi connectivity index (χ0n) is 13.7. The average Bonchev–Trinajstić information content (AvgIpc) is 3.09. The van der Waals surface area contributed by atoms with Crippen LogP contribution < -0.4 is 0 Å². The Bertz CT molecular complexity index is 988. The highest BCUT2D eigenvalue weighted by molar-refractivity contribution is 7.92. The van der Waals surface area contributed by atoms with Crippen LogP contribution in [0.5, 0.6) is 0 Å². The fraction of sp³-hybridized carbons (Fsp3) is 0.294. The van der Waals surface area contributed by atoms with Gasteiger partial charge in [-0.2, -0.15) is 0 Å². The smallest absolute Gasteiger partial charge is 0.218 e. The first kappa shape index (κ1) is 19.6. The predicted octanol–water partition coefficient (Wildman–Crippen LogP) is 3.37. The van der Waals surface area contributed by atoms with E-state index in [1.54, 1.807) is 24.3 Å². The quantitative estimate of drug-likeness (QED) is 0.724. The summed E-state index contributed by atoms with van der Waals surface area (Å²) in [6.07, 6.45) is 0.269. The number of benzene rings is 2. The van der Waals surface area contributed by atoms with Crippen LogP contribution in [0.15, 0.2) is 53.4 Å². The van der Waals surface area contributed by atoms with Gasteiger partial charge in [0, 0.05) is 23.1 Å². The molecule has 1 atom stereocenters. The fourth-order valence-corrected chi connectivity index (χ4v) is 6.53. The number of sulfonamides is 1. The first-order valence-electron chi connectivity index (χ1n) is 7.90. The van der Waals surface area contributed by atoms with Gasteiger partial charge in [0.2, 0.25) is 10.0 Å². The molecule has 140 valence electrons. The molecular formula is C17H17Cl2NO4S2. The van der Waals surface area contributed by atoms with Gasteiger partial charge in [0.25, 0.3) is 0 Å². The monoisotopic (exact) mass is 433 g/mol. The van der Waals surface area contributed by atoms with Crippen LogP contribution in [0.3, 0.4) is 0 Å². The van der Waals surface area contributed by atoms with Crippen molar-refractivity contribution >= 4 is 43.1 Å². The number of hydrogen-bond donors (Lipinski definition) is 0. The summed E-state index contributed by atoms with van der Waals surface area (Å²) >= 11 is 11.6. The molecule has 0 aliphatic carbocycles. The summed E-state index contributed by atoms with van der Waals surface area (Å²) in [5.74, 6) is -0.183. The second kappa shape index (κ2) is 7.48. The van der Waals surface area contributed by atoms with E-state index in [0.29, 0.717) is 15.6 Å². The molecule has 1 fully saturated rings. The zero-order chi connectivity index (χ0) is 18.9. The Balaban J connectivity index is 1.74. The lowest BCUT2D eigenvalue weighted by Crippen LogP contribution is -2.32. The summed E-state index contributed by atoms with van der Waals surface area (Å²) < 4.78 is 52.0. The fourth-order valence-electron chi connectivity index (χ4n) is 2.90. The third-order valence-corrected chi connectivity index (χ3v) is 8.86.